The van der Waals surface area contributed by atoms with E-state index in [-0.39, 0.29) is 12.1 Å². The molecule has 0 saturated carbocycles. The highest BCUT2D eigenvalue weighted by atomic mass is 16.5. The third-order valence-corrected chi connectivity index (χ3v) is 6.21. The first-order chi connectivity index (χ1) is 18.5. The molecule has 1 aliphatic rings. The van der Waals surface area contributed by atoms with E-state index in [1.54, 1.807) is 36.7 Å². The van der Waals surface area contributed by atoms with Gasteiger partial charge in [-0.05, 0) is 54.3 Å². The number of allylic oxidation sites excluding steroid dienone is 1. The molecule has 1 unspecified atom stereocenters. The molecule has 0 bridgehead atoms. The fourth-order valence-electron chi connectivity index (χ4n) is 4.34. The summed E-state index contributed by atoms with van der Waals surface area (Å²) < 4.78 is 11.8. The Labute approximate surface area is 223 Å². The van der Waals surface area contributed by atoms with E-state index in [0.717, 1.165) is 24.0 Å². The SMILES string of the molecule is CCCCOc1ccc(C2C(C(=O)/C=C/c3ccccc3)=C(O)C(=O)N2Cc2cccnc2)cc1OCC. The Morgan fingerprint density at radius 1 is 1.05 bits per heavy atom. The van der Waals surface area contributed by atoms with Crippen LogP contribution < -0.4 is 9.47 Å². The number of pyridine rings is 1. The summed E-state index contributed by atoms with van der Waals surface area (Å²) in [7, 11) is 0. The highest BCUT2D eigenvalue weighted by Gasteiger charge is 2.43. The maximum absolute atomic E-state index is 13.5. The van der Waals surface area contributed by atoms with E-state index >= 15 is 0 Å². The van der Waals surface area contributed by atoms with Gasteiger partial charge in [-0.1, -0.05) is 61.9 Å². The molecule has 0 saturated heterocycles. The molecule has 7 nitrogen and oxygen atoms in total. The van der Waals surface area contributed by atoms with Crippen LogP contribution in [0.2, 0.25) is 0 Å². The highest BCUT2D eigenvalue weighted by Crippen LogP contribution is 2.42. The van der Waals surface area contributed by atoms with Crippen molar-refractivity contribution in [2.75, 3.05) is 13.2 Å². The normalized spacial score (nSPS) is 15.4. The van der Waals surface area contributed by atoms with Crippen molar-refractivity contribution in [3.63, 3.8) is 0 Å². The summed E-state index contributed by atoms with van der Waals surface area (Å²) in [5.74, 6) is -0.496. The van der Waals surface area contributed by atoms with Gasteiger partial charge in [0.05, 0.1) is 24.8 Å². The van der Waals surface area contributed by atoms with Crippen molar-refractivity contribution in [1.29, 1.82) is 0 Å². The molecule has 0 spiro atoms. The van der Waals surface area contributed by atoms with E-state index in [9.17, 15) is 14.7 Å². The lowest BCUT2D eigenvalue weighted by Gasteiger charge is -2.27. The number of benzene rings is 2. The number of amides is 1. The monoisotopic (exact) mass is 512 g/mol. The van der Waals surface area contributed by atoms with Crippen molar-refractivity contribution in [2.24, 2.45) is 0 Å². The highest BCUT2D eigenvalue weighted by molar-refractivity contribution is 6.14. The number of aliphatic hydroxyl groups excluding tert-OH is 1. The van der Waals surface area contributed by atoms with Crippen LogP contribution in [0.5, 0.6) is 11.5 Å². The van der Waals surface area contributed by atoms with Gasteiger partial charge in [0, 0.05) is 18.9 Å². The van der Waals surface area contributed by atoms with Crippen LogP contribution in [0.25, 0.3) is 6.08 Å². The number of rotatable bonds is 12. The van der Waals surface area contributed by atoms with E-state index in [4.69, 9.17) is 9.47 Å². The van der Waals surface area contributed by atoms with E-state index in [0.29, 0.717) is 30.3 Å². The Kier molecular flexibility index (Phi) is 8.93. The van der Waals surface area contributed by atoms with Crippen LogP contribution >= 0.6 is 0 Å². The van der Waals surface area contributed by atoms with Gasteiger partial charge in [-0.15, -0.1) is 0 Å². The minimum absolute atomic E-state index is 0.0215. The van der Waals surface area contributed by atoms with Gasteiger partial charge in [0.25, 0.3) is 5.91 Å². The molecule has 2 aromatic carbocycles. The van der Waals surface area contributed by atoms with Crippen molar-refractivity contribution in [3.8, 4) is 11.5 Å². The summed E-state index contributed by atoms with van der Waals surface area (Å²) in [6, 6.07) is 17.6. The van der Waals surface area contributed by atoms with E-state index in [2.05, 4.69) is 11.9 Å². The molecule has 38 heavy (non-hydrogen) atoms. The second-order valence-electron chi connectivity index (χ2n) is 8.91. The van der Waals surface area contributed by atoms with Crippen LogP contribution in [-0.2, 0) is 16.1 Å². The quantitative estimate of drug-likeness (QED) is 0.242. The summed E-state index contributed by atoms with van der Waals surface area (Å²) in [6.07, 6.45) is 8.28. The molecular formula is C31H32N2O5. The number of unbranched alkanes of at least 4 members (excludes halogenated alkanes) is 1. The standard InChI is InChI=1S/C31H32N2O5/c1-3-5-18-38-26-16-14-24(19-27(26)37-4-2)29-28(25(34)15-13-22-10-7-6-8-11-22)30(35)31(36)33(29)21-23-12-9-17-32-20-23/h6-17,19-20,29,35H,3-5,18,21H2,1-2H3/b15-13+. The summed E-state index contributed by atoms with van der Waals surface area (Å²) >= 11 is 0. The van der Waals surface area contributed by atoms with E-state index in [1.165, 1.54) is 11.0 Å². The molecule has 1 aromatic heterocycles. The number of ether oxygens (including phenoxy) is 2. The second-order valence-corrected chi connectivity index (χ2v) is 8.91. The number of nitrogens with zero attached hydrogens (tertiary/aromatic N) is 2. The molecule has 7 heteroatoms. The molecule has 1 atom stereocenters. The first-order valence-electron chi connectivity index (χ1n) is 12.8. The van der Waals surface area contributed by atoms with Crippen molar-refractivity contribution in [3.05, 3.63) is 107 Å². The van der Waals surface area contributed by atoms with E-state index in [1.807, 2.05) is 49.4 Å². The Morgan fingerprint density at radius 3 is 2.58 bits per heavy atom. The number of carbonyl (C=O) groups is 2. The topological polar surface area (TPSA) is 89.0 Å². The molecule has 196 valence electrons. The maximum Gasteiger partial charge on any atom is 0.290 e. The Bertz CT molecular complexity index is 1320. The molecule has 2 heterocycles. The zero-order chi connectivity index (χ0) is 26.9. The molecule has 0 radical (unpaired) electrons. The average molecular weight is 513 g/mol. The van der Waals surface area contributed by atoms with Crippen molar-refractivity contribution >= 4 is 17.8 Å². The molecule has 3 aromatic rings. The molecular weight excluding hydrogens is 480 g/mol. The zero-order valence-electron chi connectivity index (χ0n) is 21.7. The van der Waals surface area contributed by atoms with Crippen molar-refractivity contribution in [1.82, 2.24) is 9.88 Å². The zero-order valence-corrected chi connectivity index (χ0v) is 21.7. The lowest BCUT2D eigenvalue weighted by Crippen LogP contribution is -2.30. The Morgan fingerprint density at radius 2 is 1.87 bits per heavy atom. The molecule has 1 amide bonds. The minimum atomic E-state index is -0.820. The van der Waals surface area contributed by atoms with Crippen LogP contribution in [0.4, 0.5) is 0 Å². The number of hydrogen-bond donors (Lipinski definition) is 1. The van der Waals surface area contributed by atoms with Gasteiger partial charge >= 0.3 is 0 Å². The van der Waals surface area contributed by atoms with E-state index < -0.39 is 23.5 Å². The number of ketones is 1. The smallest absolute Gasteiger partial charge is 0.290 e. The first kappa shape index (κ1) is 26.7. The van der Waals surface area contributed by atoms with Gasteiger partial charge in [-0.2, -0.15) is 0 Å². The average Bonchev–Trinajstić information content (AvgIpc) is 3.19. The second kappa shape index (κ2) is 12.7. The minimum Gasteiger partial charge on any atom is -0.503 e. The molecule has 1 N–H and O–H groups in total. The molecule has 4 rings (SSSR count). The maximum atomic E-state index is 13.5. The summed E-state index contributed by atoms with van der Waals surface area (Å²) in [4.78, 5) is 32.4. The van der Waals surface area contributed by atoms with Crippen LogP contribution in [-0.4, -0.2) is 39.9 Å². The van der Waals surface area contributed by atoms with Crippen LogP contribution in [0.1, 0.15) is 49.4 Å². The van der Waals surface area contributed by atoms with Crippen molar-refractivity contribution in [2.45, 2.75) is 39.3 Å². The van der Waals surface area contributed by atoms with Crippen LogP contribution in [0.15, 0.2) is 90.5 Å². The van der Waals surface area contributed by atoms with Gasteiger partial charge in [0.15, 0.2) is 23.0 Å². The lowest BCUT2D eigenvalue weighted by atomic mass is 9.95. The first-order valence-corrected chi connectivity index (χ1v) is 12.8. The Hall–Kier alpha value is -4.39. The van der Waals surface area contributed by atoms with Gasteiger partial charge in [-0.25, -0.2) is 0 Å². The fraction of sp³-hybridized carbons (Fsp3) is 0.258. The van der Waals surface area contributed by atoms with Gasteiger partial charge in [0.1, 0.15) is 0 Å². The number of carbonyl (C=O) groups excluding carboxylic acids is 2. The van der Waals surface area contributed by atoms with Gasteiger partial charge < -0.3 is 19.5 Å². The molecule has 1 aliphatic heterocycles. The Balaban J connectivity index is 1.74. The van der Waals surface area contributed by atoms with Crippen LogP contribution in [0, 0.1) is 0 Å². The number of hydrogen-bond acceptors (Lipinski definition) is 6. The van der Waals surface area contributed by atoms with Crippen molar-refractivity contribution < 1.29 is 24.2 Å². The molecule has 0 aliphatic carbocycles. The third kappa shape index (κ3) is 6.11. The summed E-state index contributed by atoms with van der Waals surface area (Å²) in [5.41, 5.74) is 2.26. The lowest BCUT2D eigenvalue weighted by molar-refractivity contribution is -0.130. The predicted molar refractivity (Wildman–Crippen MR) is 146 cm³/mol. The number of aliphatic hydroxyl groups is 1. The fourth-order valence-corrected chi connectivity index (χ4v) is 4.34. The van der Waals surface area contributed by atoms with Gasteiger partial charge in [-0.3, -0.25) is 14.6 Å². The molecule has 0 fully saturated rings. The summed E-state index contributed by atoms with van der Waals surface area (Å²) in [6.45, 7) is 5.11. The van der Waals surface area contributed by atoms with Crippen LogP contribution in [0.3, 0.4) is 0 Å². The third-order valence-electron chi connectivity index (χ3n) is 6.21. The number of aromatic nitrogens is 1. The largest absolute Gasteiger partial charge is 0.503 e. The predicted octanol–water partition coefficient (Wildman–Crippen LogP) is 5.84. The summed E-state index contributed by atoms with van der Waals surface area (Å²) in [5, 5.41) is 10.9. The van der Waals surface area contributed by atoms with Gasteiger partial charge in [0.2, 0.25) is 0 Å².